The van der Waals surface area contributed by atoms with Crippen LogP contribution < -0.4 is 10.1 Å². The molecule has 2 unspecified atom stereocenters. The molecule has 1 aliphatic rings. The van der Waals surface area contributed by atoms with Crippen molar-refractivity contribution in [2.45, 2.75) is 70.7 Å². The van der Waals surface area contributed by atoms with Crippen LogP contribution in [0.25, 0.3) is 0 Å². The van der Waals surface area contributed by atoms with Crippen molar-refractivity contribution in [2.24, 2.45) is 0 Å². The van der Waals surface area contributed by atoms with Gasteiger partial charge in [-0.05, 0) is 52.9 Å². The molecule has 0 aromatic heterocycles. The van der Waals surface area contributed by atoms with Crippen molar-refractivity contribution in [3.63, 3.8) is 0 Å². The molecule has 2 rings (SSSR count). The van der Waals surface area contributed by atoms with Crippen molar-refractivity contribution >= 4 is 15.9 Å². The van der Waals surface area contributed by atoms with E-state index in [0.717, 1.165) is 42.5 Å². The molecule has 0 radical (unpaired) electrons. The van der Waals surface area contributed by atoms with Gasteiger partial charge in [0.25, 0.3) is 0 Å². The molecular formula is C17H26BrNO2. The van der Waals surface area contributed by atoms with Crippen LogP contribution in [0.5, 0.6) is 5.75 Å². The molecule has 2 atom stereocenters. The zero-order valence-electron chi connectivity index (χ0n) is 12.9. The number of hydrogen-bond donors (Lipinski definition) is 2. The zero-order chi connectivity index (χ0) is 15.2. The van der Waals surface area contributed by atoms with Crippen molar-refractivity contribution in [3.05, 3.63) is 28.2 Å². The molecule has 0 saturated heterocycles. The van der Waals surface area contributed by atoms with Crippen LogP contribution in [0, 0.1) is 0 Å². The fraction of sp³-hybridized carbons (Fsp3) is 0.647. The van der Waals surface area contributed by atoms with Crippen LogP contribution in [-0.2, 0) is 6.54 Å². The molecule has 1 aliphatic carbocycles. The number of hydrogen-bond acceptors (Lipinski definition) is 3. The molecule has 118 valence electrons. The first-order chi connectivity index (χ1) is 10.1. The topological polar surface area (TPSA) is 41.5 Å². The number of aliphatic hydroxyl groups is 1. The monoisotopic (exact) mass is 355 g/mol. The molecule has 4 heteroatoms. The van der Waals surface area contributed by atoms with Crippen LogP contribution in [0.15, 0.2) is 22.7 Å². The first-order valence-corrected chi connectivity index (χ1v) is 8.72. The second-order valence-electron chi connectivity index (χ2n) is 6.16. The lowest BCUT2D eigenvalue weighted by atomic mass is 10.1. The molecule has 1 saturated carbocycles. The third-order valence-corrected chi connectivity index (χ3v) is 4.53. The maximum absolute atomic E-state index is 10.2. The van der Waals surface area contributed by atoms with Crippen LogP contribution in [-0.4, -0.2) is 23.4 Å². The predicted molar refractivity (Wildman–Crippen MR) is 89.6 cm³/mol. The summed E-state index contributed by atoms with van der Waals surface area (Å²) >= 11 is 3.59. The zero-order valence-corrected chi connectivity index (χ0v) is 14.5. The van der Waals surface area contributed by atoms with E-state index in [0.29, 0.717) is 6.04 Å². The van der Waals surface area contributed by atoms with Gasteiger partial charge < -0.3 is 15.2 Å². The predicted octanol–water partition coefficient (Wildman–Crippen LogP) is 4.02. The Labute approximate surface area is 136 Å². The van der Waals surface area contributed by atoms with Crippen LogP contribution in [0.2, 0.25) is 0 Å². The summed E-state index contributed by atoms with van der Waals surface area (Å²) in [4.78, 5) is 0. The Kier molecular flexibility index (Phi) is 6.52. The Bertz CT molecular complexity index is 450. The minimum Gasteiger partial charge on any atom is -0.487 e. The Hall–Kier alpha value is -0.580. The van der Waals surface area contributed by atoms with E-state index < -0.39 is 0 Å². The van der Waals surface area contributed by atoms with E-state index in [4.69, 9.17) is 4.74 Å². The number of ether oxygens (including phenoxy) is 1. The smallest absolute Gasteiger partial charge is 0.134 e. The van der Waals surface area contributed by atoms with Gasteiger partial charge in [0, 0.05) is 12.6 Å². The number of nitrogens with one attached hydrogen (secondary N) is 1. The van der Waals surface area contributed by atoms with E-state index in [1.165, 1.54) is 12.0 Å². The van der Waals surface area contributed by atoms with Crippen molar-refractivity contribution in [2.75, 3.05) is 0 Å². The largest absolute Gasteiger partial charge is 0.487 e. The van der Waals surface area contributed by atoms with E-state index >= 15 is 0 Å². The second kappa shape index (κ2) is 8.16. The lowest BCUT2D eigenvalue weighted by Crippen LogP contribution is -2.30. The van der Waals surface area contributed by atoms with E-state index in [1.807, 2.05) is 6.07 Å². The Morgan fingerprint density at radius 3 is 2.76 bits per heavy atom. The summed E-state index contributed by atoms with van der Waals surface area (Å²) in [5.41, 5.74) is 1.23. The van der Waals surface area contributed by atoms with E-state index in [9.17, 15) is 5.11 Å². The number of halogens is 1. The lowest BCUT2D eigenvalue weighted by Gasteiger charge is -2.23. The van der Waals surface area contributed by atoms with Gasteiger partial charge in [-0.3, -0.25) is 0 Å². The van der Waals surface area contributed by atoms with Crippen LogP contribution in [0.4, 0.5) is 0 Å². The Balaban J connectivity index is 1.99. The average Bonchev–Trinajstić information content (AvgIpc) is 2.64. The highest BCUT2D eigenvalue weighted by atomic mass is 79.9. The molecule has 21 heavy (non-hydrogen) atoms. The summed E-state index contributed by atoms with van der Waals surface area (Å²) in [5, 5.41) is 13.6. The molecule has 0 aliphatic heterocycles. The second-order valence-corrected chi connectivity index (χ2v) is 7.02. The van der Waals surface area contributed by atoms with E-state index in [2.05, 4.69) is 47.2 Å². The van der Waals surface area contributed by atoms with Gasteiger partial charge in [0.2, 0.25) is 0 Å². The van der Waals surface area contributed by atoms with Crippen LogP contribution >= 0.6 is 15.9 Å². The molecule has 0 bridgehead atoms. The summed E-state index contributed by atoms with van der Waals surface area (Å²) in [6.45, 7) is 5.13. The molecular weight excluding hydrogens is 330 g/mol. The summed E-state index contributed by atoms with van der Waals surface area (Å²) in [7, 11) is 0. The van der Waals surface area contributed by atoms with Gasteiger partial charge in [0.05, 0.1) is 10.6 Å². The summed E-state index contributed by atoms with van der Waals surface area (Å²) in [5.74, 6) is 0.828. The highest BCUT2D eigenvalue weighted by Gasteiger charge is 2.23. The number of benzene rings is 1. The van der Waals surface area contributed by atoms with Crippen molar-refractivity contribution < 1.29 is 9.84 Å². The minimum atomic E-state index is -0.346. The fourth-order valence-corrected chi connectivity index (χ4v) is 3.15. The fourth-order valence-electron chi connectivity index (χ4n) is 2.63. The van der Waals surface area contributed by atoms with Crippen LogP contribution in [0.3, 0.4) is 0 Å². The van der Waals surface area contributed by atoms with Gasteiger partial charge in [-0.1, -0.05) is 32.8 Å². The van der Waals surface area contributed by atoms with Gasteiger partial charge in [0.15, 0.2) is 0 Å². The maximum atomic E-state index is 10.2. The van der Waals surface area contributed by atoms with E-state index in [1.54, 1.807) is 0 Å². The van der Waals surface area contributed by atoms with Gasteiger partial charge >= 0.3 is 0 Å². The average molecular weight is 356 g/mol. The molecule has 1 fully saturated rings. The first kappa shape index (κ1) is 16.8. The molecule has 1 aromatic rings. The molecule has 3 nitrogen and oxygen atoms in total. The summed E-state index contributed by atoms with van der Waals surface area (Å²) in [6, 6.07) is 6.65. The maximum Gasteiger partial charge on any atom is 0.134 e. The standard InChI is InChI=1S/C17H26BrNO2/c1-12(2)19-11-13-8-9-16(14(18)10-13)21-17-7-5-3-4-6-15(17)20/h8-10,12,15,17,19-20H,3-7,11H2,1-2H3. The van der Waals surface area contributed by atoms with Crippen LogP contribution in [0.1, 0.15) is 51.5 Å². The SMILES string of the molecule is CC(C)NCc1ccc(OC2CCCCCC2O)c(Br)c1. The third-order valence-electron chi connectivity index (χ3n) is 3.91. The van der Waals surface area contributed by atoms with Gasteiger partial charge in [-0.2, -0.15) is 0 Å². The molecule has 0 heterocycles. The number of aliphatic hydroxyl groups excluding tert-OH is 1. The van der Waals surface area contributed by atoms with Gasteiger partial charge in [0.1, 0.15) is 11.9 Å². The quantitative estimate of drug-likeness (QED) is 0.783. The van der Waals surface area contributed by atoms with Crippen molar-refractivity contribution in [3.8, 4) is 5.75 Å². The highest BCUT2D eigenvalue weighted by molar-refractivity contribution is 9.10. The van der Waals surface area contributed by atoms with Gasteiger partial charge in [-0.25, -0.2) is 0 Å². The molecule has 0 spiro atoms. The minimum absolute atomic E-state index is 0.0801. The third kappa shape index (κ3) is 5.28. The Morgan fingerprint density at radius 1 is 1.29 bits per heavy atom. The number of rotatable bonds is 5. The van der Waals surface area contributed by atoms with Crippen molar-refractivity contribution in [1.29, 1.82) is 0 Å². The highest BCUT2D eigenvalue weighted by Crippen LogP contribution is 2.30. The Morgan fingerprint density at radius 2 is 2.05 bits per heavy atom. The molecule has 1 aromatic carbocycles. The van der Waals surface area contributed by atoms with E-state index in [-0.39, 0.29) is 12.2 Å². The molecule has 2 N–H and O–H groups in total. The lowest BCUT2D eigenvalue weighted by molar-refractivity contribution is 0.0315. The van der Waals surface area contributed by atoms with Gasteiger partial charge in [-0.15, -0.1) is 0 Å². The summed E-state index contributed by atoms with van der Waals surface area (Å²) < 4.78 is 7.00. The first-order valence-electron chi connectivity index (χ1n) is 7.93. The normalized spacial score (nSPS) is 23.1. The van der Waals surface area contributed by atoms with Crippen molar-refractivity contribution in [1.82, 2.24) is 5.32 Å². The summed E-state index contributed by atoms with van der Waals surface area (Å²) in [6.07, 6.45) is 4.78. The molecule has 0 amide bonds.